The van der Waals surface area contributed by atoms with Gasteiger partial charge in [-0.3, -0.25) is 0 Å². The van der Waals surface area contributed by atoms with E-state index in [4.69, 9.17) is 0 Å². The van der Waals surface area contributed by atoms with Crippen LogP contribution in [0, 0.1) is 5.92 Å². The van der Waals surface area contributed by atoms with Crippen molar-refractivity contribution in [3.05, 3.63) is 35.9 Å². The normalized spacial score (nSPS) is 13.1. The summed E-state index contributed by atoms with van der Waals surface area (Å²) in [5, 5.41) is 2.44. The molecule has 0 aliphatic heterocycles. The van der Waals surface area contributed by atoms with Gasteiger partial charge in [-0.25, -0.2) is 0 Å². The van der Waals surface area contributed by atoms with E-state index >= 15 is 0 Å². The monoisotopic (exact) mass is 192 g/mol. The second-order valence-corrected chi connectivity index (χ2v) is 4.36. The van der Waals surface area contributed by atoms with Gasteiger partial charge in [-0.15, -0.1) is 0 Å². The fraction of sp³-hybridized carbons (Fsp3) is 0.538. The van der Waals surface area contributed by atoms with E-state index in [1.54, 1.807) is 0 Å². The number of hydrogen-bond donors (Lipinski definition) is 1. The molecular weight excluding hydrogens is 170 g/mol. The Morgan fingerprint density at radius 1 is 1.07 bits per heavy atom. The number of hydrogen-bond acceptors (Lipinski definition) is 0. The highest BCUT2D eigenvalue weighted by molar-refractivity contribution is 5.14. The van der Waals surface area contributed by atoms with E-state index in [-0.39, 0.29) is 0 Å². The predicted octanol–water partition coefficient (Wildman–Crippen LogP) is 1.84. The topological polar surface area (TPSA) is 16.6 Å². The lowest BCUT2D eigenvalue weighted by atomic mass is 10.1. The van der Waals surface area contributed by atoms with Crippen molar-refractivity contribution in [3.8, 4) is 0 Å². The van der Waals surface area contributed by atoms with Crippen LogP contribution in [-0.4, -0.2) is 12.6 Å². The van der Waals surface area contributed by atoms with Crippen LogP contribution in [-0.2, 0) is 6.42 Å². The van der Waals surface area contributed by atoms with Crippen molar-refractivity contribution in [2.24, 2.45) is 5.92 Å². The van der Waals surface area contributed by atoms with Gasteiger partial charge in [-0.2, -0.15) is 0 Å². The van der Waals surface area contributed by atoms with Crippen LogP contribution in [0.2, 0.25) is 0 Å². The number of benzene rings is 1. The molecule has 0 heterocycles. The zero-order valence-electron chi connectivity index (χ0n) is 9.53. The van der Waals surface area contributed by atoms with Crippen LogP contribution >= 0.6 is 0 Å². The van der Waals surface area contributed by atoms with Gasteiger partial charge in [-0.1, -0.05) is 44.2 Å². The largest absolute Gasteiger partial charge is 0.344 e. The highest BCUT2D eigenvalue weighted by Crippen LogP contribution is 1.98. The second kappa shape index (κ2) is 5.82. The third-order valence-electron chi connectivity index (χ3n) is 2.87. The molecule has 78 valence electrons. The Balaban J connectivity index is 2.22. The minimum absolute atomic E-state index is 0.735. The van der Waals surface area contributed by atoms with E-state index in [1.165, 1.54) is 18.5 Å². The quantitative estimate of drug-likeness (QED) is 0.733. The molecular formula is C13H22N+. The highest BCUT2D eigenvalue weighted by atomic mass is 14.9. The maximum atomic E-state index is 2.44. The van der Waals surface area contributed by atoms with E-state index in [0.29, 0.717) is 0 Å². The van der Waals surface area contributed by atoms with E-state index in [1.807, 2.05) is 0 Å². The third kappa shape index (κ3) is 3.93. The Morgan fingerprint density at radius 2 is 1.71 bits per heavy atom. The van der Waals surface area contributed by atoms with Gasteiger partial charge in [-0.05, 0) is 12.5 Å². The third-order valence-corrected chi connectivity index (χ3v) is 2.87. The summed E-state index contributed by atoms with van der Waals surface area (Å²) in [5.74, 6) is 0.769. The molecule has 1 nitrogen and oxygen atoms in total. The summed E-state index contributed by atoms with van der Waals surface area (Å²) < 4.78 is 0. The van der Waals surface area contributed by atoms with Crippen LogP contribution in [0.3, 0.4) is 0 Å². The predicted molar refractivity (Wildman–Crippen MR) is 61.2 cm³/mol. The van der Waals surface area contributed by atoms with E-state index in [0.717, 1.165) is 12.0 Å². The molecule has 0 unspecified atom stereocenters. The summed E-state index contributed by atoms with van der Waals surface area (Å²) in [6, 6.07) is 11.4. The molecule has 0 amide bonds. The Kier molecular flexibility index (Phi) is 4.68. The molecule has 2 N–H and O–H groups in total. The maximum absolute atomic E-state index is 2.44. The lowest BCUT2D eigenvalue weighted by Crippen LogP contribution is -2.90. The van der Waals surface area contributed by atoms with Gasteiger partial charge in [0.1, 0.15) is 0 Å². The van der Waals surface area contributed by atoms with Crippen molar-refractivity contribution in [1.29, 1.82) is 0 Å². The van der Waals surface area contributed by atoms with Crippen LogP contribution in [0.4, 0.5) is 0 Å². The molecule has 0 aromatic heterocycles. The van der Waals surface area contributed by atoms with Crippen LogP contribution in [0.15, 0.2) is 30.3 Å². The molecule has 0 bridgehead atoms. The first kappa shape index (κ1) is 11.3. The zero-order chi connectivity index (χ0) is 10.4. The Bertz CT molecular complexity index is 241. The first-order valence-corrected chi connectivity index (χ1v) is 5.57. The first-order valence-electron chi connectivity index (χ1n) is 5.57. The Labute approximate surface area is 87.5 Å². The summed E-state index contributed by atoms with van der Waals surface area (Å²) in [7, 11) is 0. The number of quaternary nitrogens is 1. The molecule has 0 saturated heterocycles. The van der Waals surface area contributed by atoms with E-state index < -0.39 is 0 Å². The maximum Gasteiger partial charge on any atom is 0.0853 e. The Morgan fingerprint density at radius 3 is 2.29 bits per heavy atom. The zero-order valence-corrected chi connectivity index (χ0v) is 9.53. The molecule has 0 spiro atoms. The minimum atomic E-state index is 0.735. The van der Waals surface area contributed by atoms with Crippen LogP contribution < -0.4 is 5.32 Å². The van der Waals surface area contributed by atoms with E-state index in [9.17, 15) is 0 Å². The summed E-state index contributed by atoms with van der Waals surface area (Å²) in [6.45, 7) is 8.06. The molecule has 14 heavy (non-hydrogen) atoms. The molecule has 0 saturated carbocycles. The van der Waals surface area contributed by atoms with E-state index in [2.05, 4.69) is 56.4 Å². The summed E-state index contributed by atoms with van der Waals surface area (Å²) in [6.07, 6.45) is 1.18. The summed E-state index contributed by atoms with van der Waals surface area (Å²) in [4.78, 5) is 0. The van der Waals surface area contributed by atoms with Crippen molar-refractivity contribution in [2.45, 2.75) is 33.2 Å². The van der Waals surface area contributed by atoms with Crippen molar-refractivity contribution >= 4 is 0 Å². The average molecular weight is 192 g/mol. The molecule has 1 rings (SSSR count). The minimum Gasteiger partial charge on any atom is -0.344 e. The van der Waals surface area contributed by atoms with Crippen molar-refractivity contribution in [3.63, 3.8) is 0 Å². The molecule has 0 fully saturated rings. The lowest BCUT2D eigenvalue weighted by Gasteiger charge is -2.13. The number of rotatable bonds is 5. The average Bonchev–Trinajstić information content (AvgIpc) is 2.19. The van der Waals surface area contributed by atoms with Crippen molar-refractivity contribution in [2.75, 3.05) is 6.54 Å². The Hall–Kier alpha value is -0.820. The summed E-state index contributed by atoms with van der Waals surface area (Å²) >= 11 is 0. The molecule has 1 aromatic carbocycles. The molecule has 1 aromatic rings. The van der Waals surface area contributed by atoms with Gasteiger partial charge in [0.2, 0.25) is 0 Å². The highest BCUT2D eigenvalue weighted by Gasteiger charge is 2.08. The van der Waals surface area contributed by atoms with Crippen molar-refractivity contribution in [1.82, 2.24) is 0 Å². The molecule has 0 aliphatic rings. The first-order chi connectivity index (χ1) is 6.70. The van der Waals surface area contributed by atoms with Gasteiger partial charge in [0, 0.05) is 12.3 Å². The van der Waals surface area contributed by atoms with Gasteiger partial charge >= 0.3 is 0 Å². The summed E-state index contributed by atoms with van der Waals surface area (Å²) in [5.41, 5.74) is 1.44. The smallest absolute Gasteiger partial charge is 0.0853 e. The molecule has 1 heteroatoms. The van der Waals surface area contributed by atoms with Gasteiger partial charge in [0.25, 0.3) is 0 Å². The fourth-order valence-electron chi connectivity index (χ4n) is 1.43. The molecule has 1 atom stereocenters. The SMILES string of the molecule is CC(C)[C@@H](C)[NH2+]CCc1ccccc1. The second-order valence-electron chi connectivity index (χ2n) is 4.36. The van der Waals surface area contributed by atoms with Crippen LogP contribution in [0.5, 0.6) is 0 Å². The fourth-order valence-corrected chi connectivity index (χ4v) is 1.43. The van der Waals surface area contributed by atoms with Crippen molar-refractivity contribution < 1.29 is 5.32 Å². The molecule has 0 aliphatic carbocycles. The van der Waals surface area contributed by atoms with Gasteiger partial charge < -0.3 is 5.32 Å². The lowest BCUT2D eigenvalue weighted by molar-refractivity contribution is -0.691. The van der Waals surface area contributed by atoms with Crippen LogP contribution in [0.25, 0.3) is 0 Å². The van der Waals surface area contributed by atoms with Gasteiger partial charge in [0.05, 0.1) is 12.6 Å². The standard InChI is InChI=1S/C13H21N/c1-11(2)12(3)14-10-9-13-7-5-4-6-8-13/h4-8,11-12,14H,9-10H2,1-3H3/p+1/t12-/m1/s1. The molecule has 0 radical (unpaired) electrons. The van der Waals surface area contributed by atoms with Crippen LogP contribution in [0.1, 0.15) is 26.3 Å². The van der Waals surface area contributed by atoms with Gasteiger partial charge in [0.15, 0.2) is 0 Å². The number of nitrogens with two attached hydrogens (primary N) is 1.